The number of hydrogen-bond donors (Lipinski definition) is 1. The number of halogens is 4. The Labute approximate surface area is 426 Å². The van der Waals surface area contributed by atoms with Gasteiger partial charge >= 0.3 is 0 Å². The average Bonchev–Trinajstić information content (AvgIpc) is 3.27. The first kappa shape index (κ1) is 59.4. The molecule has 0 amide bonds. The van der Waals surface area contributed by atoms with Crippen molar-refractivity contribution in [2.45, 2.75) is 146 Å². The fraction of sp³-hybridized carbons (Fsp3) is 0.491. The average molecular weight is 983 g/mol. The van der Waals surface area contributed by atoms with E-state index in [1.807, 2.05) is 86.8 Å². The van der Waals surface area contributed by atoms with Crippen LogP contribution in [0.4, 0.5) is 0 Å². The van der Waals surface area contributed by atoms with E-state index in [0.29, 0.717) is 11.5 Å². The molecule has 0 bridgehead atoms. The number of benzene rings is 4. The Morgan fingerprint density at radius 1 is 0.657 bits per heavy atom. The highest BCUT2D eigenvalue weighted by Crippen LogP contribution is 2.48. The lowest BCUT2D eigenvalue weighted by Crippen LogP contribution is -2.52. The third kappa shape index (κ3) is 16.7. The maximum Gasteiger partial charge on any atom is 0.187 e. The van der Waals surface area contributed by atoms with Gasteiger partial charge in [-0.25, -0.2) is 0 Å². The van der Waals surface area contributed by atoms with E-state index in [4.69, 9.17) is 56.9 Å². The summed E-state index contributed by atoms with van der Waals surface area (Å²) in [5, 5.41) is 24.8. The maximum atomic E-state index is 9.08. The lowest BCUT2D eigenvalue weighted by molar-refractivity contribution is 0.157. The number of ether oxygens (including phenoxy) is 1. The normalized spacial score (nSPS) is 17.3. The first-order chi connectivity index (χ1) is 31.7. The monoisotopic (exact) mass is 980 g/mol. The fourth-order valence-electron chi connectivity index (χ4n) is 8.88. The van der Waals surface area contributed by atoms with E-state index in [1.165, 1.54) is 56.1 Å². The summed E-state index contributed by atoms with van der Waals surface area (Å²) < 4.78 is 4.54. The van der Waals surface area contributed by atoms with Crippen molar-refractivity contribution in [3.05, 3.63) is 139 Å². The third-order valence-electron chi connectivity index (χ3n) is 13.5. The second-order valence-corrected chi connectivity index (χ2v) is 19.7. The Kier molecular flexibility index (Phi) is 26.6. The van der Waals surface area contributed by atoms with Crippen LogP contribution in [0.25, 0.3) is 0 Å². The van der Waals surface area contributed by atoms with Crippen LogP contribution in [0.3, 0.4) is 0 Å². The summed E-state index contributed by atoms with van der Waals surface area (Å²) in [4.78, 5) is 4.17. The highest BCUT2D eigenvalue weighted by molar-refractivity contribution is 6.31. The zero-order chi connectivity index (χ0) is 48.6. The summed E-state index contributed by atoms with van der Waals surface area (Å²) in [5.74, 6) is 5.37. The minimum Gasteiger partial charge on any atom is -0.385 e. The standard InChI is InChI=1S/C16H24ClN.C12H14ClN.2C11H10ClN.C3H3B.C3H8O.CH4/c1-12(2)11-15(18-3)16(9-4-10-16)13-5-7-14(17)8-6-13;1-14-9-12(7-2-8-12)10-3-5-11(13)6-4-10;2*12-10-4-2-9(3-5-10)11(8-13)6-1-7-11;1-2-3-4;1-3-4-2;/h5-8,12,15,18H,4,9-11H2,1-3H3;3-6,9H,2,7-8H2,1H3;2*2-5H,1,6-7H2;1H3;3H2,1-2H3;1H4. The lowest BCUT2D eigenvalue weighted by Gasteiger charge is -2.49. The second kappa shape index (κ2) is 30.0. The van der Waals surface area contributed by atoms with E-state index in [1.54, 1.807) is 14.0 Å². The smallest absolute Gasteiger partial charge is 0.187 e. The van der Waals surface area contributed by atoms with Crippen LogP contribution < -0.4 is 5.32 Å². The molecule has 67 heavy (non-hydrogen) atoms. The van der Waals surface area contributed by atoms with Crippen LogP contribution in [-0.2, 0) is 26.4 Å². The van der Waals surface area contributed by atoms with Crippen molar-refractivity contribution in [3.63, 3.8) is 0 Å². The maximum absolute atomic E-state index is 9.08. The summed E-state index contributed by atoms with van der Waals surface area (Å²) >= 11 is 23.4. The number of aliphatic imine (C=N–C) groups is 1. The molecule has 5 nitrogen and oxygen atoms in total. The van der Waals surface area contributed by atoms with Gasteiger partial charge in [0.05, 0.1) is 23.0 Å². The van der Waals surface area contributed by atoms with E-state index in [-0.39, 0.29) is 23.7 Å². The van der Waals surface area contributed by atoms with Crippen LogP contribution in [0.15, 0.2) is 102 Å². The van der Waals surface area contributed by atoms with Gasteiger partial charge in [-0.2, -0.15) is 16.3 Å². The first-order valence-electron chi connectivity index (χ1n) is 23.3. The molecule has 0 saturated heterocycles. The molecular weight excluding hydrogens is 909 g/mol. The van der Waals surface area contributed by atoms with Gasteiger partial charge in [-0.3, -0.25) is 4.99 Å². The van der Waals surface area contributed by atoms with Gasteiger partial charge < -0.3 is 10.1 Å². The fourth-order valence-corrected chi connectivity index (χ4v) is 9.38. The predicted molar refractivity (Wildman–Crippen MR) is 289 cm³/mol. The molecule has 4 fully saturated rings. The summed E-state index contributed by atoms with van der Waals surface area (Å²) in [6, 6.07) is 37.3. The molecule has 4 aliphatic carbocycles. The van der Waals surface area contributed by atoms with Gasteiger partial charge in [0.15, 0.2) is 7.85 Å². The summed E-state index contributed by atoms with van der Waals surface area (Å²) in [6.07, 6.45) is 17.3. The molecule has 4 saturated carbocycles. The van der Waals surface area contributed by atoms with Gasteiger partial charge in [-0.1, -0.05) is 129 Å². The van der Waals surface area contributed by atoms with Gasteiger partial charge in [-0.15, -0.1) is 5.92 Å². The van der Waals surface area contributed by atoms with Crippen molar-refractivity contribution in [2.75, 3.05) is 27.8 Å². The molecule has 10 heteroatoms. The highest BCUT2D eigenvalue weighted by atomic mass is 35.5. The quantitative estimate of drug-likeness (QED) is 0.0975. The number of methoxy groups -OCH3 is 1. The Morgan fingerprint density at radius 2 is 0.985 bits per heavy atom. The highest BCUT2D eigenvalue weighted by Gasteiger charge is 2.45. The number of likely N-dealkylation sites (N-methyl/N-ethyl adjacent to an activating group) is 1. The van der Waals surface area contributed by atoms with Gasteiger partial charge in [0.2, 0.25) is 0 Å². The number of hydrogen-bond acceptors (Lipinski definition) is 5. The molecule has 8 rings (SSSR count). The predicted octanol–water partition coefficient (Wildman–Crippen LogP) is 15.9. The molecule has 0 heterocycles. The SMILES string of the molecule is C.CCOC.CN=CC1(c2ccc(Cl)cc2)CCC1.CNC(CC(C)C)C1(c2ccc(Cl)cc2)CCC1.N#CC1(c2ccc(Cl)cc2)CCC1.N#CC1(c2ccc(Cl)cc2)CCC1.[B]C#CC. The zero-order valence-electron chi connectivity index (χ0n) is 40.2. The summed E-state index contributed by atoms with van der Waals surface area (Å²) in [6.45, 7) is 9.08. The molecule has 4 aromatic carbocycles. The Morgan fingerprint density at radius 3 is 1.19 bits per heavy atom. The Hall–Kier alpha value is -3.77. The lowest BCUT2D eigenvalue weighted by atomic mass is 9.59. The molecule has 1 N–H and O–H groups in total. The molecule has 358 valence electrons. The molecule has 0 aliphatic heterocycles. The second-order valence-electron chi connectivity index (χ2n) is 18.0. The first-order valence-corrected chi connectivity index (χ1v) is 24.8. The number of nitriles is 2. The molecule has 1 atom stereocenters. The number of nitrogens with one attached hydrogen (secondary N) is 1. The molecule has 0 aromatic heterocycles. The molecule has 0 spiro atoms. The Balaban J connectivity index is 0.000000291. The van der Waals surface area contributed by atoms with Crippen molar-refractivity contribution in [1.82, 2.24) is 5.32 Å². The van der Waals surface area contributed by atoms with Crippen LogP contribution in [0.1, 0.15) is 141 Å². The van der Waals surface area contributed by atoms with Crippen molar-refractivity contribution >= 4 is 60.5 Å². The topological polar surface area (TPSA) is 81.2 Å². The largest absolute Gasteiger partial charge is 0.385 e. The summed E-state index contributed by atoms with van der Waals surface area (Å²) in [5.41, 5.74) is 5.17. The number of rotatable bonds is 10. The van der Waals surface area contributed by atoms with Crippen LogP contribution in [0.2, 0.25) is 20.1 Å². The van der Waals surface area contributed by atoms with E-state index in [0.717, 1.165) is 82.3 Å². The summed E-state index contributed by atoms with van der Waals surface area (Å²) in [7, 11) is 10.3. The van der Waals surface area contributed by atoms with E-state index >= 15 is 0 Å². The molecule has 2 radical (unpaired) electrons. The van der Waals surface area contributed by atoms with Crippen molar-refractivity contribution in [1.29, 1.82) is 10.5 Å². The third-order valence-corrected chi connectivity index (χ3v) is 14.5. The van der Waals surface area contributed by atoms with Gasteiger partial charge in [0.25, 0.3) is 0 Å². The molecule has 4 aromatic rings. The molecular formula is C57H73BCl4N4O. The minimum atomic E-state index is -0.204. The van der Waals surface area contributed by atoms with E-state index in [9.17, 15) is 0 Å². The van der Waals surface area contributed by atoms with Crippen molar-refractivity contribution < 1.29 is 4.74 Å². The van der Waals surface area contributed by atoms with Crippen LogP contribution in [0.5, 0.6) is 0 Å². The van der Waals surface area contributed by atoms with Gasteiger partial charge in [0.1, 0.15) is 0 Å². The van der Waals surface area contributed by atoms with Crippen LogP contribution >= 0.6 is 46.4 Å². The van der Waals surface area contributed by atoms with Crippen LogP contribution in [-0.4, -0.2) is 47.9 Å². The zero-order valence-corrected chi connectivity index (χ0v) is 43.2. The van der Waals surface area contributed by atoms with Gasteiger partial charge in [-0.05, 0) is 168 Å². The van der Waals surface area contributed by atoms with E-state index < -0.39 is 0 Å². The van der Waals surface area contributed by atoms with Gasteiger partial charge in [0, 0.05) is 63.9 Å². The van der Waals surface area contributed by atoms with E-state index in [2.05, 4.69) is 98.1 Å². The van der Waals surface area contributed by atoms with Crippen molar-refractivity contribution in [2.24, 2.45) is 10.9 Å². The minimum absolute atomic E-state index is 0. The Bertz CT molecular complexity index is 2110. The molecule has 4 aliphatic rings. The number of nitrogens with zero attached hydrogens (tertiary/aromatic N) is 3. The van der Waals surface area contributed by atoms with Crippen LogP contribution in [0, 0.1) is 40.3 Å². The molecule has 1 unspecified atom stereocenters. The van der Waals surface area contributed by atoms with Crippen molar-refractivity contribution in [3.8, 4) is 23.9 Å².